The number of anilines is 1. The first kappa shape index (κ1) is 22.5. The van der Waals surface area contributed by atoms with E-state index in [4.69, 9.17) is 0 Å². The number of pyridine rings is 1. The number of hydrogen-bond acceptors (Lipinski definition) is 5. The lowest BCUT2D eigenvalue weighted by atomic mass is 9.90. The number of hydrogen-bond donors (Lipinski definition) is 2. The minimum atomic E-state index is -2.90. The molecule has 4 rings (SSSR count). The third-order valence-electron chi connectivity index (χ3n) is 6.02. The van der Waals surface area contributed by atoms with Crippen LogP contribution in [0.15, 0.2) is 35.4 Å². The molecule has 1 aliphatic rings. The van der Waals surface area contributed by atoms with Gasteiger partial charge in [-0.15, -0.1) is 0 Å². The van der Waals surface area contributed by atoms with Gasteiger partial charge in [0.05, 0.1) is 17.0 Å². The second-order valence-corrected chi connectivity index (χ2v) is 9.12. The first-order valence-corrected chi connectivity index (χ1v) is 10.9. The van der Waals surface area contributed by atoms with Crippen LogP contribution in [0.4, 0.5) is 19.0 Å². The Kier molecular flexibility index (Phi) is 6.08. The van der Waals surface area contributed by atoms with Gasteiger partial charge in [-0.25, -0.2) is 23.1 Å². The van der Waals surface area contributed by atoms with E-state index in [0.717, 1.165) is 25.5 Å². The van der Waals surface area contributed by atoms with Gasteiger partial charge >= 0.3 is 0 Å². The van der Waals surface area contributed by atoms with E-state index in [1.165, 1.54) is 23.0 Å². The van der Waals surface area contributed by atoms with E-state index in [0.29, 0.717) is 29.0 Å². The van der Waals surface area contributed by atoms with Crippen molar-refractivity contribution in [2.75, 3.05) is 18.4 Å². The second-order valence-electron chi connectivity index (χ2n) is 8.16. The number of aromatic nitrogens is 3. The SMILES string of the molecule is C[C@@H](Nc1ncnc2c1cc([C@@]1([Si])CCCNC1)c(=O)n2C)c1cccc(C(F)F)c1F. The monoisotopic (exact) mass is 458 g/mol. The van der Waals surface area contributed by atoms with E-state index in [9.17, 15) is 18.0 Å². The molecule has 2 atom stereocenters. The van der Waals surface area contributed by atoms with Crippen LogP contribution >= 0.6 is 0 Å². The predicted molar refractivity (Wildman–Crippen MR) is 118 cm³/mol. The van der Waals surface area contributed by atoms with Gasteiger partial charge in [-0.05, 0) is 32.4 Å². The Balaban J connectivity index is 1.79. The molecule has 0 saturated carbocycles. The normalized spacial score (nSPS) is 20.0. The first-order chi connectivity index (χ1) is 15.2. The summed E-state index contributed by atoms with van der Waals surface area (Å²) >= 11 is 0. The molecule has 1 saturated heterocycles. The zero-order chi connectivity index (χ0) is 23.0. The van der Waals surface area contributed by atoms with Crippen molar-refractivity contribution in [2.24, 2.45) is 7.05 Å². The van der Waals surface area contributed by atoms with E-state index in [-0.39, 0.29) is 11.1 Å². The van der Waals surface area contributed by atoms with Crippen LogP contribution in [0.2, 0.25) is 0 Å². The molecule has 10 heteroatoms. The fraction of sp³-hybridized carbons (Fsp3) is 0.409. The highest BCUT2D eigenvalue weighted by atomic mass is 28.1. The van der Waals surface area contributed by atoms with Crippen LogP contribution in [-0.4, -0.2) is 37.9 Å². The number of nitrogens with zero attached hydrogens (tertiary/aromatic N) is 3. The van der Waals surface area contributed by atoms with Crippen LogP contribution in [0.3, 0.4) is 0 Å². The first-order valence-electron chi connectivity index (χ1n) is 10.4. The molecule has 2 N–H and O–H groups in total. The molecule has 0 bridgehead atoms. The third kappa shape index (κ3) is 3.92. The number of piperidine rings is 1. The molecule has 6 nitrogen and oxygen atoms in total. The van der Waals surface area contributed by atoms with Crippen LogP contribution in [0.25, 0.3) is 11.0 Å². The topological polar surface area (TPSA) is 71.8 Å². The number of halogens is 3. The zero-order valence-corrected chi connectivity index (χ0v) is 18.8. The zero-order valence-electron chi connectivity index (χ0n) is 17.8. The second kappa shape index (κ2) is 8.66. The summed E-state index contributed by atoms with van der Waals surface area (Å²) in [6.07, 6.45) is 0.111. The summed E-state index contributed by atoms with van der Waals surface area (Å²) in [5.41, 5.74) is 0.299. The number of rotatable bonds is 5. The fourth-order valence-electron chi connectivity index (χ4n) is 4.22. The van der Waals surface area contributed by atoms with E-state index >= 15 is 0 Å². The van der Waals surface area contributed by atoms with Crippen molar-refractivity contribution in [2.45, 2.75) is 37.3 Å². The molecule has 167 valence electrons. The Morgan fingerprint density at radius 1 is 1.28 bits per heavy atom. The summed E-state index contributed by atoms with van der Waals surface area (Å²) in [4.78, 5) is 21.6. The highest BCUT2D eigenvalue weighted by molar-refractivity contribution is 6.16. The average Bonchev–Trinajstić information content (AvgIpc) is 2.76. The highest BCUT2D eigenvalue weighted by Gasteiger charge is 2.32. The maximum atomic E-state index is 14.7. The van der Waals surface area contributed by atoms with Crippen LogP contribution < -0.4 is 16.2 Å². The quantitative estimate of drug-likeness (QED) is 0.574. The van der Waals surface area contributed by atoms with Gasteiger partial charge in [0, 0.05) is 40.0 Å². The lowest BCUT2D eigenvalue weighted by molar-refractivity contribution is 0.146. The minimum Gasteiger partial charge on any atom is -0.363 e. The molecule has 2 aromatic heterocycles. The molecular formula is C22H23F3N5OSi. The summed E-state index contributed by atoms with van der Waals surface area (Å²) in [7, 11) is 5.47. The molecule has 0 unspecified atom stereocenters. The number of aryl methyl sites for hydroxylation is 1. The molecule has 1 aliphatic heterocycles. The van der Waals surface area contributed by atoms with Gasteiger partial charge in [0.2, 0.25) is 0 Å². The Hall–Kier alpha value is -2.72. The predicted octanol–water partition coefficient (Wildman–Crippen LogP) is 3.33. The standard InChI is InChI=1S/C22H23F3N5OSi/c1-12(13-5-3-6-14(17(13)23)18(24)25)29-19-15-9-16(22(32)7-4-8-26-10-22)21(31)30(2)20(15)28-11-27-19/h3,5-6,9,11-12,18,26H,4,7-8,10H2,1-2H3,(H,27,28,29)/t12-,22-/m1/s1. The summed E-state index contributed by atoms with van der Waals surface area (Å²) < 4.78 is 42.4. The molecule has 0 amide bonds. The van der Waals surface area contributed by atoms with Crippen molar-refractivity contribution in [1.29, 1.82) is 0 Å². The van der Waals surface area contributed by atoms with Crippen molar-refractivity contribution < 1.29 is 13.2 Å². The Labute approximate surface area is 186 Å². The smallest absolute Gasteiger partial charge is 0.266 e. The summed E-state index contributed by atoms with van der Waals surface area (Å²) in [5, 5.41) is 6.48. The maximum Gasteiger partial charge on any atom is 0.266 e. The van der Waals surface area contributed by atoms with E-state index in [2.05, 4.69) is 30.8 Å². The molecule has 0 spiro atoms. The molecule has 3 aromatic rings. The Morgan fingerprint density at radius 2 is 2.03 bits per heavy atom. The van der Waals surface area contributed by atoms with Crippen molar-refractivity contribution >= 4 is 27.1 Å². The van der Waals surface area contributed by atoms with Crippen molar-refractivity contribution in [3.05, 3.63) is 63.5 Å². The van der Waals surface area contributed by atoms with Crippen LogP contribution in [-0.2, 0) is 12.1 Å². The number of nitrogens with one attached hydrogen (secondary N) is 2. The van der Waals surface area contributed by atoms with Gasteiger partial charge in [-0.2, -0.15) is 0 Å². The largest absolute Gasteiger partial charge is 0.363 e. The van der Waals surface area contributed by atoms with Crippen molar-refractivity contribution in [3.8, 4) is 0 Å². The lowest BCUT2D eigenvalue weighted by Gasteiger charge is -2.34. The molecule has 3 radical (unpaired) electrons. The van der Waals surface area contributed by atoms with Gasteiger partial charge in [0.1, 0.15) is 23.6 Å². The summed E-state index contributed by atoms with van der Waals surface area (Å²) in [6, 6.07) is 5.05. The molecule has 0 aliphatic carbocycles. The number of alkyl halides is 2. The van der Waals surface area contributed by atoms with Crippen molar-refractivity contribution in [3.63, 3.8) is 0 Å². The van der Waals surface area contributed by atoms with Crippen LogP contribution in [0.1, 0.15) is 48.9 Å². The number of benzene rings is 1. The van der Waals surface area contributed by atoms with Gasteiger partial charge in [0.25, 0.3) is 12.0 Å². The molecule has 3 heterocycles. The average molecular weight is 459 g/mol. The third-order valence-corrected chi connectivity index (χ3v) is 6.71. The molecule has 1 fully saturated rings. The lowest BCUT2D eigenvalue weighted by Crippen LogP contribution is -2.47. The van der Waals surface area contributed by atoms with E-state index in [1.807, 2.05) is 0 Å². The van der Waals surface area contributed by atoms with Gasteiger partial charge in [-0.3, -0.25) is 9.36 Å². The molecule has 1 aromatic carbocycles. The summed E-state index contributed by atoms with van der Waals surface area (Å²) in [5.74, 6) is -0.554. The fourth-order valence-corrected chi connectivity index (χ4v) is 4.70. The Morgan fingerprint density at radius 3 is 2.72 bits per heavy atom. The van der Waals surface area contributed by atoms with E-state index < -0.39 is 28.9 Å². The van der Waals surface area contributed by atoms with E-state index in [1.54, 1.807) is 20.0 Å². The van der Waals surface area contributed by atoms with Gasteiger partial charge < -0.3 is 10.6 Å². The summed E-state index contributed by atoms with van der Waals surface area (Å²) in [6.45, 7) is 3.15. The highest BCUT2D eigenvalue weighted by Crippen LogP contribution is 2.32. The van der Waals surface area contributed by atoms with Crippen LogP contribution in [0.5, 0.6) is 0 Å². The van der Waals surface area contributed by atoms with Crippen LogP contribution in [0, 0.1) is 5.82 Å². The van der Waals surface area contributed by atoms with Gasteiger partial charge in [-0.1, -0.05) is 18.2 Å². The minimum absolute atomic E-state index is 0.104. The molecular weight excluding hydrogens is 435 g/mol. The van der Waals surface area contributed by atoms with Crippen molar-refractivity contribution in [1.82, 2.24) is 19.9 Å². The van der Waals surface area contributed by atoms with Gasteiger partial charge in [0.15, 0.2) is 0 Å². The maximum absolute atomic E-state index is 14.7. The number of fused-ring (bicyclic) bond motifs is 1. The molecule has 32 heavy (non-hydrogen) atoms. The Bertz CT molecular complexity index is 1210.